The summed E-state index contributed by atoms with van der Waals surface area (Å²) in [5.41, 5.74) is 9.15. The molecule has 0 saturated carbocycles. The van der Waals surface area contributed by atoms with Crippen molar-refractivity contribution < 1.29 is 17.8 Å². The topological polar surface area (TPSA) is 41.9 Å². The van der Waals surface area contributed by atoms with E-state index < -0.39 is 11.7 Å². The molecule has 1 heterocycles. The first kappa shape index (κ1) is 14.3. The molecule has 0 atom stereocenters. The SMILES string of the molecule is Cc1cc(C(F)(F)F)cc(-c2ccccc2)[n+]1NCN. The molecular formula is C14H15F3N3+. The van der Waals surface area contributed by atoms with Gasteiger partial charge in [0.1, 0.15) is 6.67 Å². The minimum absolute atomic E-state index is 0.122. The summed E-state index contributed by atoms with van der Waals surface area (Å²) in [6.07, 6.45) is -4.38. The second-order valence-electron chi connectivity index (χ2n) is 4.33. The van der Waals surface area contributed by atoms with Crippen LogP contribution in [0.5, 0.6) is 0 Å². The zero-order valence-corrected chi connectivity index (χ0v) is 10.9. The number of benzene rings is 1. The lowest BCUT2D eigenvalue weighted by Gasteiger charge is -2.11. The highest BCUT2D eigenvalue weighted by molar-refractivity contribution is 5.57. The average Bonchev–Trinajstić information content (AvgIpc) is 2.41. The predicted octanol–water partition coefficient (Wildman–Crippen LogP) is 2.43. The van der Waals surface area contributed by atoms with Crippen LogP contribution in [0, 0.1) is 6.92 Å². The fourth-order valence-corrected chi connectivity index (χ4v) is 2.02. The highest BCUT2D eigenvalue weighted by Crippen LogP contribution is 2.31. The minimum Gasteiger partial charge on any atom is -0.310 e. The van der Waals surface area contributed by atoms with Crippen LogP contribution >= 0.6 is 0 Å². The van der Waals surface area contributed by atoms with Crippen molar-refractivity contribution in [3.05, 3.63) is 53.7 Å². The maximum atomic E-state index is 12.9. The summed E-state index contributed by atoms with van der Waals surface area (Å²) in [7, 11) is 0. The maximum absolute atomic E-state index is 12.9. The normalized spacial score (nSPS) is 11.4. The van der Waals surface area contributed by atoms with Crippen molar-refractivity contribution in [1.82, 2.24) is 0 Å². The molecule has 0 spiro atoms. The molecular weight excluding hydrogens is 267 g/mol. The quantitative estimate of drug-likeness (QED) is 0.670. The number of nitrogens with zero attached hydrogens (tertiary/aromatic N) is 1. The summed E-state index contributed by atoms with van der Waals surface area (Å²) in [4.78, 5) is 0. The molecule has 0 fully saturated rings. The van der Waals surface area contributed by atoms with Gasteiger partial charge in [0.25, 0.3) is 0 Å². The van der Waals surface area contributed by atoms with E-state index in [4.69, 9.17) is 5.73 Å². The van der Waals surface area contributed by atoms with Crippen LogP contribution in [-0.4, -0.2) is 6.67 Å². The summed E-state index contributed by atoms with van der Waals surface area (Å²) in [6.45, 7) is 1.72. The fourth-order valence-electron chi connectivity index (χ4n) is 2.02. The molecule has 3 N–H and O–H groups in total. The summed E-state index contributed by atoms with van der Waals surface area (Å²) >= 11 is 0. The standard InChI is InChI=1S/C14H15F3N3/c1-10-7-12(14(15,16)17)8-13(20(10)19-9-18)11-5-3-2-4-6-11/h2-8,19H,9,18H2,1H3/q+1. The van der Waals surface area contributed by atoms with Crippen molar-refractivity contribution in [2.75, 3.05) is 12.1 Å². The van der Waals surface area contributed by atoms with Gasteiger partial charge in [-0.2, -0.15) is 18.6 Å². The van der Waals surface area contributed by atoms with Crippen LogP contribution in [0.1, 0.15) is 11.3 Å². The third-order valence-corrected chi connectivity index (χ3v) is 2.90. The van der Waals surface area contributed by atoms with Gasteiger partial charge in [0.15, 0.2) is 0 Å². The van der Waals surface area contributed by atoms with E-state index >= 15 is 0 Å². The number of pyridine rings is 1. The Morgan fingerprint density at radius 2 is 1.80 bits per heavy atom. The van der Waals surface area contributed by atoms with Crippen molar-refractivity contribution in [3.8, 4) is 11.3 Å². The van der Waals surface area contributed by atoms with Gasteiger partial charge in [-0.25, -0.2) is 0 Å². The van der Waals surface area contributed by atoms with Crippen LogP contribution in [0.2, 0.25) is 0 Å². The van der Waals surface area contributed by atoms with Crippen LogP contribution < -0.4 is 15.8 Å². The maximum Gasteiger partial charge on any atom is 0.416 e. The van der Waals surface area contributed by atoms with E-state index in [9.17, 15) is 13.2 Å². The molecule has 3 nitrogen and oxygen atoms in total. The Morgan fingerprint density at radius 3 is 2.35 bits per heavy atom. The van der Waals surface area contributed by atoms with Gasteiger partial charge in [-0.15, -0.1) is 0 Å². The first-order valence-corrected chi connectivity index (χ1v) is 6.06. The van der Waals surface area contributed by atoms with Crippen LogP contribution in [0.25, 0.3) is 11.3 Å². The number of alkyl halides is 3. The van der Waals surface area contributed by atoms with Crippen molar-refractivity contribution in [2.24, 2.45) is 5.73 Å². The third-order valence-electron chi connectivity index (χ3n) is 2.90. The smallest absolute Gasteiger partial charge is 0.310 e. The first-order chi connectivity index (χ1) is 9.43. The summed E-state index contributed by atoms with van der Waals surface area (Å²) in [5.74, 6) is 0. The number of hydrogen-bond acceptors (Lipinski definition) is 2. The van der Waals surface area contributed by atoms with Gasteiger partial charge in [-0.05, 0) is 12.1 Å². The molecule has 0 aliphatic rings. The van der Waals surface area contributed by atoms with Crippen LogP contribution in [0.4, 0.5) is 13.2 Å². The Bertz CT molecular complexity index is 595. The molecule has 2 rings (SSSR count). The van der Waals surface area contributed by atoms with E-state index in [-0.39, 0.29) is 6.67 Å². The zero-order chi connectivity index (χ0) is 14.8. The van der Waals surface area contributed by atoms with E-state index in [1.54, 1.807) is 35.9 Å². The molecule has 2 aromatic rings. The first-order valence-electron chi connectivity index (χ1n) is 6.06. The summed E-state index contributed by atoms with van der Waals surface area (Å²) in [6, 6.07) is 11.1. The highest BCUT2D eigenvalue weighted by Gasteiger charge is 2.34. The molecule has 106 valence electrons. The van der Waals surface area contributed by atoms with Gasteiger partial charge in [0.2, 0.25) is 11.4 Å². The van der Waals surface area contributed by atoms with Gasteiger partial charge in [0.05, 0.1) is 5.56 Å². The molecule has 0 saturated heterocycles. The van der Waals surface area contributed by atoms with E-state index in [0.29, 0.717) is 17.0 Å². The molecule has 20 heavy (non-hydrogen) atoms. The van der Waals surface area contributed by atoms with Crippen molar-refractivity contribution in [3.63, 3.8) is 0 Å². The van der Waals surface area contributed by atoms with Crippen molar-refractivity contribution >= 4 is 0 Å². The minimum atomic E-state index is -4.38. The second kappa shape index (κ2) is 5.50. The predicted molar refractivity (Wildman–Crippen MR) is 70.2 cm³/mol. The molecule has 0 aliphatic heterocycles. The number of rotatable bonds is 3. The molecule has 0 bridgehead atoms. The Morgan fingerprint density at radius 1 is 1.15 bits per heavy atom. The Hall–Kier alpha value is -2.08. The number of nitrogens with one attached hydrogen (secondary N) is 1. The highest BCUT2D eigenvalue weighted by atomic mass is 19.4. The lowest BCUT2D eigenvalue weighted by atomic mass is 10.1. The van der Waals surface area contributed by atoms with Gasteiger partial charge >= 0.3 is 6.18 Å². The van der Waals surface area contributed by atoms with Crippen molar-refractivity contribution in [2.45, 2.75) is 13.1 Å². The zero-order valence-electron chi connectivity index (χ0n) is 10.9. The molecule has 0 aliphatic carbocycles. The number of hydrogen-bond donors (Lipinski definition) is 2. The van der Waals surface area contributed by atoms with Gasteiger partial charge < -0.3 is 5.73 Å². The Kier molecular flexibility index (Phi) is 3.94. The van der Waals surface area contributed by atoms with E-state index in [0.717, 1.165) is 12.1 Å². The van der Waals surface area contributed by atoms with Crippen LogP contribution in [-0.2, 0) is 6.18 Å². The summed E-state index contributed by atoms with van der Waals surface area (Å²) in [5, 5.41) is 0. The van der Waals surface area contributed by atoms with Crippen LogP contribution in [0.15, 0.2) is 42.5 Å². The largest absolute Gasteiger partial charge is 0.416 e. The second-order valence-corrected chi connectivity index (χ2v) is 4.33. The fraction of sp³-hybridized carbons (Fsp3) is 0.214. The van der Waals surface area contributed by atoms with E-state index in [1.165, 1.54) is 0 Å². The van der Waals surface area contributed by atoms with Gasteiger partial charge in [-0.3, -0.25) is 0 Å². The Labute approximate surface area is 114 Å². The van der Waals surface area contributed by atoms with Gasteiger partial charge in [0, 0.05) is 24.6 Å². The number of aryl methyl sites for hydroxylation is 1. The number of aromatic nitrogens is 1. The molecule has 1 aromatic carbocycles. The molecule has 0 amide bonds. The van der Waals surface area contributed by atoms with Crippen LogP contribution in [0.3, 0.4) is 0 Å². The molecule has 1 aromatic heterocycles. The average molecular weight is 282 g/mol. The third kappa shape index (κ3) is 2.91. The lowest BCUT2D eigenvalue weighted by Crippen LogP contribution is -2.52. The molecule has 0 radical (unpaired) electrons. The number of halogens is 3. The monoisotopic (exact) mass is 282 g/mol. The van der Waals surface area contributed by atoms with E-state index in [1.807, 2.05) is 6.07 Å². The van der Waals surface area contributed by atoms with Crippen molar-refractivity contribution in [1.29, 1.82) is 0 Å². The van der Waals surface area contributed by atoms with Gasteiger partial charge in [-0.1, -0.05) is 22.9 Å². The Balaban J connectivity index is 2.65. The molecule has 0 unspecified atom stereocenters. The lowest BCUT2D eigenvalue weighted by molar-refractivity contribution is -0.645. The number of nitrogens with two attached hydrogens (primary N) is 1. The molecule has 6 heteroatoms. The summed E-state index contributed by atoms with van der Waals surface area (Å²) < 4.78 is 40.3. The van der Waals surface area contributed by atoms with E-state index in [2.05, 4.69) is 5.43 Å².